The summed E-state index contributed by atoms with van der Waals surface area (Å²) in [6.45, 7) is 2.30. The van der Waals surface area contributed by atoms with Gasteiger partial charge in [-0.1, -0.05) is 11.3 Å². The Morgan fingerprint density at radius 2 is 2.26 bits per heavy atom. The third-order valence-corrected chi connectivity index (χ3v) is 2.90. The van der Waals surface area contributed by atoms with Gasteiger partial charge in [-0.2, -0.15) is 0 Å². The molecule has 1 aromatic carbocycles. The zero-order chi connectivity index (χ0) is 13.8. The first-order valence-corrected chi connectivity index (χ1v) is 5.99. The molecule has 0 bridgehead atoms. The molecule has 0 saturated heterocycles. The molecule has 2 rings (SSSR count). The number of benzene rings is 1. The van der Waals surface area contributed by atoms with Crippen molar-refractivity contribution in [1.29, 1.82) is 0 Å². The lowest BCUT2D eigenvalue weighted by Gasteiger charge is -2.04. The topological polar surface area (TPSA) is 99.9 Å². The molecule has 19 heavy (non-hydrogen) atoms. The predicted octanol–water partition coefficient (Wildman–Crippen LogP) is 1.38. The van der Waals surface area contributed by atoms with Crippen LogP contribution >= 0.6 is 0 Å². The highest BCUT2D eigenvalue weighted by Crippen LogP contribution is 2.23. The second-order valence-corrected chi connectivity index (χ2v) is 4.23. The van der Waals surface area contributed by atoms with Crippen LogP contribution in [0.5, 0.6) is 0 Å². The van der Waals surface area contributed by atoms with E-state index in [1.54, 1.807) is 29.9 Å². The van der Waals surface area contributed by atoms with Crippen molar-refractivity contribution >= 4 is 5.69 Å². The van der Waals surface area contributed by atoms with Crippen molar-refractivity contribution in [1.82, 2.24) is 15.0 Å². The highest BCUT2D eigenvalue weighted by Gasteiger charge is 2.15. The van der Waals surface area contributed by atoms with Crippen molar-refractivity contribution in [3.8, 4) is 5.69 Å². The quantitative estimate of drug-likeness (QED) is 0.647. The molecule has 0 unspecified atom stereocenters. The lowest BCUT2D eigenvalue weighted by Crippen LogP contribution is -2.01. The number of nitro groups is 1. The van der Waals surface area contributed by atoms with Gasteiger partial charge in [-0.25, -0.2) is 4.68 Å². The molecule has 0 aliphatic rings. The number of aromatic nitrogens is 3. The van der Waals surface area contributed by atoms with Crippen LogP contribution in [0.25, 0.3) is 5.69 Å². The van der Waals surface area contributed by atoms with E-state index in [1.165, 1.54) is 6.07 Å². The second-order valence-electron chi connectivity index (χ2n) is 4.23. The van der Waals surface area contributed by atoms with Gasteiger partial charge in [-0.05, 0) is 32.4 Å². The van der Waals surface area contributed by atoms with Crippen molar-refractivity contribution in [2.75, 3.05) is 6.54 Å². The third-order valence-electron chi connectivity index (χ3n) is 2.90. The summed E-state index contributed by atoms with van der Waals surface area (Å²) in [6.07, 6.45) is 3.37. The van der Waals surface area contributed by atoms with Crippen LogP contribution in [0.4, 0.5) is 5.69 Å². The van der Waals surface area contributed by atoms with Gasteiger partial charge in [0, 0.05) is 6.07 Å². The Kier molecular flexibility index (Phi) is 3.86. The minimum Gasteiger partial charge on any atom is -0.330 e. The van der Waals surface area contributed by atoms with E-state index in [1.807, 2.05) is 0 Å². The molecule has 0 atom stereocenters. The maximum absolute atomic E-state index is 10.9. The van der Waals surface area contributed by atoms with E-state index in [-0.39, 0.29) is 5.69 Å². The fourth-order valence-corrected chi connectivity index (χ4v) is 1.87. The van der Waals surface area contributed by atoms with Crippen LogP contribution in [-0.4, -0.2) is 26.5 Å². The normalized spacial score (nSPS) is 10.6. The molecule has 0 fully saturated rings. The fourth-order valence-electron chi connectivity index (χ4n) is 1.87. The molecule has 1 heterocycles. The number of nitrogens with two attached hydrogens (primary N) is 1. The van der Waals surface area contributed by atoms with E-state index in [9.17, 15) is 10.1 Å². The Hall–Kier alpha value is -2.28. The summed E-state index contributed by atoms with van der Waals surface area (Å²) in [5.41, 5.74) is 7.59. The Morgan fingerprint density at radius 1 is 1.47 bits per heavy atom. The van der Waals surface area contributed by atoms with Gasteiger partial charge in [0.15, 0.2) is 0 Å². The lowest BCUT2D eigenvalue weighted by molar-refractivity contribution is -0.385. The van der Waals surface area contributed by atoms with E-state index in [0.717, 1.165) is 18.5 Å². The Morgan fingerprint density at radius 3 is 2.95 bits per heavy atom. The predicted molar refractivity (Wildman–Crippen MR) is 70.1 cm³/mol. The number of hydrogen-bond acceptors (Lipinski definition) is 5. The average Bonchev–Trinajstić information content (AvgIpc) is 2.84. The molecule has 0 aliphatic heterocycles. The van der Waals surface area contributed by atoms with Gasteiger partial charge in [0.1, 0.15) is 0 Å². The van der Waals surface area contributed by atoms with Crippen LogP contribution in [0.1, 0.15) is 17.7 Å². The first-order valence-electron chi connectivity index (χ1n) is 5.99. The van der Waals surface area contributed by atoms with Gasteiger partial charge in [0.2, 0.25) is 0 Å². The minimum absolute atomic E-state index is 0.0801. The lowest BCUT2D eigenvalue weighted by atomic mass is 10.1. The van der Waals surface area contributed by atoms with E-state index < -0.39 is 4.92 Å². The first kappa shape index (κ1) is 13.2. The molecule has 2 N–H and O–H groups in total. The maximum atomic E-state index is 10.9. The van der Waals surface area contributed by atoms with Crippen molar-refractivity contribution < 1.29 is 4.92 Å². The zero-order valence-electron chi connectivity index (χ0n) is 10.6. The summed E-state index contributed by atoms with van der Waals surface area (Å²) in [6, 6.07) is 4.90. The van der Waals surface area contributed by atoms with Gasteiger partial charge in [0.25, 0.3) is 5.69 Å². The number of rotatable bonds is 5. The third kappa shape index (κ3) is 2.76. The minimum atomic E-state index is -0.398. The highest BCUT2D eigenvalue weighted by molar-refractivity contribution is 5.52. The van der Waals surface area contributed by atoms with Gasteiger partial charge < -0.3 is 5.73 Å². The summed E-state index contributed by atoms with van der Waals surface area (Å²) in [5.74, 6) is 0. The molecule has 100 valence electrons. The van der Waals surface area contributed by atoms with Crippen molar-refractivity contribution in [3.05, 3.63) is 45.8 Å². The number of aryl methyl sites for hydroxylation is 1. The van der Waals surface area contributed by atoms with Crippen LogP contribution in [0.15, 0.2) is 24.4 Å². The molecule has 0 spiro atoms. The molecule has 0 saturated carbocycles. The fraction of sp³-hybridized carbons (Fsp3) is 0.333. The average molecular weight is 261 g/mol. The summed E-state index contributed by atoms with van der Waals surface area (Å²) < 4.78 is 1.56. The molecular weight excluding hydrogens is 246 g/mol. The molecule has 1 aromatic heterocycles. The molecule has 0 aliphatic carbocycles. The molecule has 0 radical (unpaired) electrons. The molecule has 0 amide bonds. The standard InChI is InChI=1S/C12H15N5O2/c1-9-11(5-2-6-12(9)17(18)19)16-8-10(14-15-16)4-3-7-13/h2,5-6,8H,3-4,7,13H2,1H3. The van der Waals surface area contributed by atoms with E-state index >= 15 is 0 Å². The van der Waals surface area contributed by atoms with E-state index in [0.29, 0.717) is 17.8 Å². The van der Waals surface area contributed by atoms with Crippen LogP contribution in [-0.2, 0) is 6.42 Å². The summed E-state index contributed by atoms with van der Waals surface area (Å²) in [5, 5.41) is 18.9. The summed E-state index contributed by atoms with van der Waals surface area (Å²) in [4.78, 5) is 10.5. The first-order chi connectivity index (χ1) is 9.13. The van der Waals surface area contributed by atoms with Crippen LogP contribution in [0.3, 0.4) is 0 Å². The van der Waals surface area contributed by atoms with Crippen LogP contribution in [0.2, 0.25) is 0 Å². The van der Waals surface area contributed by atoms with Crippen molar-refractivity contribution in [2.45, 2.75) is 19.8 Å². The Labute approximate surface area is 110 Å². The van der Waals surface area contributed by atoms with Gasteiger partial charge in [0.05, 0.1) is 28.1 Å². The SMILES string of the molecule is Cc1c(-n2cc(CCCN)nn2)cccc1[N+](=O)[O-]. The molecular formula is C12H15N5O2. The van der Waals surface area contributed by atoms with Gasteiger partial charge in [-0.3, -0.25) is 10.1 Å². The second kappa shape index (κ2) is 5.57. The highest BCUT2D eigenvalue weighted by atomic mass is 16.6. The number of hydrogen-bond donors (Lipinski definition) is 1. The zero-order valence-corrected chi connectivity index (χ0v) is 10.6. The van der Waals surface area contributed by atoms with E-state index in [4.69, 9.17) is 5.73 Å². The Bertz CT molecular complexity index is 594. The molecule has 7 heteroatoms. The van der Waals surface area contributed by atoms with Gasteiger partial charge in [-0.15, -0.1) is 5.10 Å². The van der Waals surface area contributed by atoms with Crippen LogP contribution < -0.4 is 5.73 Å². The van der Waals surface area contributed by atoms with Crippen LogP contribution in [0, 0.1) is 17.0 Å². The molecule has 7 nitrogen and oxygen atoms in total. The van der Waals surface area contributed by atoms with Crippen molar-refractivity contribution in [3.63, 3.8) is 0 Å². The summed E-state index contributed by atoms with van der Waals surface area (Å²) >= 11 is 0. The summed E-state index contributed by atoms with van der Waals surface area (Å²) in [7, 11) is 0. The molecule has 2 aromatic rings. The van der Waals surface area contributed by atoms with E-state index in [2.05, 4.69) is 10.3 Å². The maximum Gasteiger partial charge on any atom is 0.274 e. The number of nitro benzene ring substituents is 1. The van der Waals surface area contributed by atoms with Crippen molar-refractivity contribution in [2.24, 2.45) is 5.73 Å². The Balaban J connectivity index is 2.34. The smallest absolute Gasteiger partial charge is 0.274 e. The van der Waals surface area contributed by atoms with Gasteiger partial charge >= 0.3 is 0 Å². The number of nitrogens with zero attached hydrogens (tertiary/aromatic N) is 4. The largest absolute Gasteiger partial charge is 0.330 e. The monoisotopic (exact) mass is 261 g/mol.